The average molecular weight is 328 g/mol. The molecule has 2 aromatic rings. The van der Waals surface area contributed by atoms with E-state index in [1.807, 2.05) is 18.2 Å². The standard InChI is InChI=1S/C17H20N4O3/c1-24-17(23)13-21-16(22)8-7-15(18-21)20-11-9-19(10-12-20)14-5-3-2-4-6-14/h2-8H,9-13H2,1H3. The van der Waals surface area contributed by atoms with E-state index in [9.17, 15) is 9.59 Å². The van der Waals surface area contributed by atoms with E-state index in [2.05, 4.69) is 31.8 Å². The van der Waals surface area contributed by atoms with Gasteiger partial charge >= 0.3 is 5.97 Å². The second-order valence-corrected chi connectivity index (χ2v) is 5.57. The minimum absolute atomic E-state index is 0.173. The quantitative estimate of drug-likeness (QED) is 0.771. The zero-order valence-electron chi connectivity index (χ0n) is 13.6. The third kappa shape index (κ3) is 3.56. The number of hydrogen-bond donors (Lipinski definition) is 0. The van der Waals surface area contributed by atoms with Gasteiger partial charge in [-0.15, -0.1) is 0 Å². The number of esters is 1. The Hall–Kier alpha value is -2.83. The number of para-hydroxylation sites is 1. The molecule has 24 heavy (non-hydrogen) atoms. The second-order valence-electron chi connectivity index (χ2n) is 5.57. The molecular formula is C17H20N4O3. The maximum atomic E-state index is 11.8. The van der Waals surface area contributed by atoms with Crippen LogP contribution in [0.1, 0.15) is 0 Å². The van der Waals surface area contributed by atoms with Gasteiger partial charge in [0.1, 0.15) is 12.4 Å². The molecule has 3 rings (SSSR count). The van der Waals surface area contributed by atoms with Crippen LogP contribution in [0.5, 0.6) is 0 Å². The molecule has 1 aliphatic heterocycles. The number of methoxy groups -OCH3 is 1. The Morgan fingerprint density at radius 2 is 1.71 bits per heavy atom. The Kier molecular flexibility index (Phi) is 4.79. The summed E-state index contributed by atoms with van der Waals surface area (Å²) in [5, 5.41) is 4.29. The van der Waals surface area contributed by atoms with Gasteiger partial charge in [-0.25, -0.2) is 4.68 Å². The van der Waals surface area contributed by atoms with Crippen LogP contribution in [0.15, 0.2) is 47.3 Å². The molecule has 0 unspecified atom stereocenters. The lowest BCUT2D eigenvalue weighted by Crippen LogP contribution is -2.47. The van der Waals surface area contributed by atoms with E-state index in [0.717, 1.165) is 30.9 Å². The van der Waals surface area contributed by atoms with Crippen molar-refractivity contribution in [1.29, 1.82) is 0 Å². The maximum Gasteiger partial charge on any atom is 0.327 e. The predicted molar refractivity (Wildman–Crippen MR) is 91.4 cm³/mol. The maximum absolute atomic E-state index is 11.8. The number of nitrogens with zero attached hydrogens (tertiary/aromatic N) is 4. The van der Waals surface area contributed by atoms with E-state index in [1.165, 1.54) is 18.9 Å². The molecule has 126 valence electrons. The highest BCUT2D eigenvalue weighted by Gasteiger charge is 2.19. The van der Waals surface area contributed by atoms with Crippen molar-refractivity contribution in [2.24, 2.45) is 0 Å². The lowest BCUT2D eigenvalue weighted by atomic mass is 10.2. The van der Waals surface area contributed by atoms with E-state index in [0.29, 0.717) is 5.82 Å². The molecule has 0 saturated carbocycles. The van der Waals surface area contributed by atoms with E-state index in [1.54, 1.807) is 6.07 Å². The third-order valence-corrected chi connectivity index (χ3v) is 4.08. The van der Waals surface area contributed by atoms with Gasteiger partial charge in [-0.05, 0) is 18.2 Å². The fraction of sp³-hybridized carbons (Fsp3) is 0.353. The predicted octanol–water partition coefficient (Wildman–Crippen LogP) is 0.743. The van der Waals surface area contributed by atoms with Crippen LogP contribution in [-0.2, 0) is 16.1 Å². The first kappa shape index (κ1) is 16.0. The van der Waals surface area contributed by atoms with Crippen molar-refractivity contribution < 1.29 is 9.53 Å². The summed E-state index contributed by atoms with van der Waals surface area (Å²) in [6.07, 6.45) is 0. The summed E-state index contributed by atoms with van der Waals surface area (Å²) in [6.45, 7) is 3.19. The van der Waals surface area contributed by atoms with Crippen molar-refractivity contribution in [3.05, 3.63) is 52.8 Å². The molecule has 7 nitrogen and oxygen atoms in total. The number of anilines is 2. The first-order chi connectivity index (χ1) is 11.7. The molecule has 0 aliphatic carbocycles. The number of hydrogen-bond acceptors (Lipinski definition) is 6. The Morgan fingerprint density at radius 1 is 1.04 bits per heavy atom. The second kappa shape index (κ2) is 7.16. The average Bonchev–Trinajstić information content (AvgIpc) is 2.64. The van der Waals surface area contributed by atoms with Crippen molar-refractivity contribution in [2.45, 2.75) is 6.54 Å². The molecule has 1 fully saturated rings. The van der Waals surface area contributed by atoms with Crippen molar-refractivity contribution >= 4 is 17.5 Å². The minimum Gasteiger partial charge on any atom is -0.468 e. The number of ether oxygens (including phenoxy) is 1. The number of carbonyl (C=O) groups excluding carboxylic acids is 1. The van der Waals surface area contributed by atoms with Gasteiger partial charge in [0.05, 0.1) is 7.11 Å². The smallest absolute Gasteiger partial charge is 0.327 e. The van der Waals surface area contributed by atoms with Crippen molar-refractivity contribution in [3.8, 4) is 0 Å². The molecule has 0 bridgehead atoms. The fourth-order valence-corrected chi connectivity index (χ4v) is 2.74. The van der Waals surface area contributed by atoms with Gasteiger partial charge in [0.15, 0.2) is 0 Å². The largest absolute Gasteiger partial charge is 0.468 e. The molecule has 1 aliphatic rings. The fourth-order valence-electron chi connectivity index (χ4n) is 2.74. The molecule has 0 spiro atoms. The monoisotopic (exact) mass is 328 g/mol. The molecule has 1 aromatic heterocycles. The van der Waals surface area contributed by atoms with Gasteiger partial charge in [0.2, 0.25) is 0 Å². The van der Waals surface area contributed by atoms with Gasteiger partial charge in [-0.3, -0.25) is 9.59 Å². The van der Waals surface area contributed by atoms with Crippen LogP contribution in [-0.4, -0.2) is 49.0 Å². The zero-order valence-corrected chi connectivity index (χ0v) is 13.6. The van der Waals surface area contributed by atoms with Crippen molar-refractivity contribution in [1.82, 2.24) is 9.78 Å². The van der Waals surface area contributed by atoms with Crippen LogP contribution in [0.4, 0.5) is 11.5 Å². The summed E-state index contributed by atoms with van der Waals surface area (Å²) >= 11 is 0. The molecule has 0 atom stereocenters. The Labute approximate surface area is 140 Å². The molecule has 1 saturated heterocycles. The number of aromatic nitrogens is 2. The number of rotatable bonds is 4. The summed E-state index contributed by atoms with van der Waals surface area (Å²) in [4.78, 5) is 27.6. The van der Waals surface area contributed by atoms with Crippen LogP contribution in [0.2, 0.25) is 0 Å². The van der Waals surface area contributed by atoms with Crippen LogP contribution in [0, 0.1) is 0 Å². The van der Waals surface area contributed by atoms with E-state index in [-0.39, 0.29) is 12.1 Å². The summed E-state index contributed by atoms with van der Waals surface area (Å²) < 4.78 is 5.74. The highest BCUT2D eigenvalue weighted by Crippen LogP contribution is 2.18. The SMILES string of the molecule is COC(=O)Cn1nc(N2CCN(c3ccccc3)CC2)ccc1=O. The van der Waals surface area contributed by atoms with Crippen molar-refractivity contribution in [3.63, 3.8) is 0 Å². The third-order valence-electron chi connectivity index (χ3n) is 4.08. The van der Waals surface area contributed by atoms with Crippen molar-refractivity contribution in [2.75, 3.05) is 43.1 Å². The van der Waals surface area contributed by atoms with Gasteiger partial charge < -0.3 is 14.5 Å². The minimum atomic E-state index is -0.490. The highest BCUT2D eigenvalue weighted by molar-refractivity contribution is 5.68. The van der Waals surface area contributed by atoms with Gasteiger partial charge in [0.25, 0.3) is 5.56 Å². The molecule has 0 N–H and O–H groups in total. The van der Waals surface area contributed by atoms with Crippen LogP contribution >= 0.6 is 0 Å². The Bertz CT molecular complexity index is 752. The summed E-state index contributed by atoms with van der Waals surface area (Å²) in [6, 6.07) is 13.4. The van der Waals surface area contributed by atoms with Gasteiger partial charge in [0, 0.05) is 37.9 Å². The first-order valence-electron chi connectivity index (χ1n) is 7.87. The summed E-state index contributed by atoms with van der Waals surface area (Å²) in [7, 11) is 1.29. The molecule has 1 aromatic carbocycles. The molecule has 0 amide bonds. The van der Waals surface area contributed by atoms with Crippen LogP contribution in [0.25, 0.3) is 0 Å². The van der Waals surface area contributed by atoms with Gasteiger partial charge in [-0.2, -0.15) is 5.10 Å². The van der Waals surface area contributed by atoms with Crippen LogP contribution < -0.4 is 15.4 Å². The molecule has 0 radical (unpaired) electrons. The van der Waals surface area contributed by atoms with Gasteiger partial charge in [-0.1, -0.05) is 18.2 Å². The topological polar surface area (TPSA) is 67.7 Å². The summed E-state index contributed by atoms with van der Waals surface area (Å²) in [5.74, 6) is 0.210. The molecule has 2 heterocycles. The highest BCUT2D eigenvalue weighted by atomic mass is 16.5. The normalized spacial score (nSPS) is 14.5. The first-order valence-corrected chi connectivity index (χ1v) is 7.87. The van der Waals surface area contributed by atoms with E-state index < -0.39 is 5.97 Å². The molecule has 7 heteroatoms. The van der Waals surface area contributed by atoms with E-state index >= 15 is 0 Å². The number of carbonyl (C=O) groups is 1. The van der Waals surface area contributed by atoms with E-state index in [4.69, 9.17) is 0 Å². The number of piperazine rings is 1. The van der Waals surface area contributed by atoms with Crippen LogP contribution in [0.3, 0.4) is 0 Å². The Morgan fingerprint density at radius 3 is 2.38 bits per heavy atom. The zero-order chi connectivity index (χ0) is 16.9. The number of benzene rings is 1. The molecular weight excluding hydrogens is 308 g/mol. The lowest BCUT2D eigenvalue weighted by Gasteiger charge is -2.36. The Balaban J connectivity index is 1.69. The summed E-state index contributed by atoms with van der Waals surface area (Å²) in [5.41, 5.74) is 0.896. The lowest BCUT2D eigenvalue weighted by molar-refractivity contribution is -0.141.